The van der Waals surface area contributed by atoms with Crippen LogP contribution in [0.4, 0.5) is 4.79 Å². The van der Waals surface area contributed by atoms with Gasteiger partial charge in [-0.05, 0) is 115 Å². The Balaban J connectivity index is 5.19. The molecule has 0 radical (unpaired) electrons. The first-order valence-electron chi connectivity index (χ1n) is 30.7. The number of allylic oxidation sites excluding steroid dienone is 8. The lowest BCUT2D eigenvalue weighted by atomic mass is 10.00. The molecule has 0 aliphatic rings. The second kappa shape index (κ2) is 54.3. The smallest absolute Gasteiger partial charge is 0.423 e. The van der Waals surface area contributed by atoms with Gasteiger partial charge < -0.3 is 9.47 Å². The van der Waals surface area contributed by atoms with E-state index in [4.69, 9.17) is 9.47 Å². The molecule has 0 amide bonds. The minimum Gasteiger partial charge on any atom is -0.423 e. The van der Waals surface area contributed by atoms with Crippen molar-refractivity contribution in [3.8, 4) is 0 Å². The van der Waals surface area contributed by atoms with E-state index in [0.29, 0.717) is 25.7 Å². The zero-order valence-corrected chi connectivity index (χ0v) is 47.6. The molecular formula is C65H118O5. The molecule has 0 aromatic carbocycles. The Morgan fingerprint density at radius 3 is 0.871 bits per heavy atom. The van der Waals surface area contributed by atoms with Crippen molar-refractivity contribution < 1.29 is 23.9 Å². The van der Waals surface area contributed by atoms with Gasteiger partial charge >= 0.3 is 6.16 Å². The molecule has 5 heteroatoms. The predicted octanol–water partition coefficient (Wildman–Crippen LogP) is 21.8. The maximum atomic E-state index is 13.7. The normalized spacial score (nSPS) is 13.0. The van der Waals surface area contributed by atoms with Crippen molar-refractivity contribution in [2.45, 2.75) is 336 Å². The summed E-state index contributed by atoms with van der Waals surface area (Å²) < 4.78 is 11.8. The molecule has 0 aliphatic carbocycles. The average molecular weight is 980 g/mol. The van der Waals surface area contributed by atoms with Crippen LogP contribution in [-0.2, 0) is 19.1 Å². The van der Waals surface area contributed by atoms with E-state index in [9.17, 15) is 14.4 Å². The van der Waals surface area contributed by atoms with Crippen LogP contribution in [0.25, 0.3) is 0 Å². The van der Waals surface area contributed by atoms with Crippen LogP contribution in [0.1, 0.15) is 324 Å². The van der Waals surface area contributed by atoms with E-state index in [1.165, 1.54) is 154 Å². The van der Waals surface area contributed by atoms with Gasteiger partial charge in [-0.3, -0.25) is 9.59 Å². The first kappa shape index (κ1) is 67.6. The maximum absolute atomic E-state index is 13.7. The fourth-order valence-corrected chi connectivity index (χ4v) is 9.26. The molecule has 0 saturated heterocycles. The van der Waals surface area contributed by atoms with Crippen LogP contribution >= 0.6 is 0 Å². The Morgan fingerprint density at radius 2 is 0.571 bits per heavy atom. The molecular weight excluding hydrogens is 861 g/mol. The molecule has 2 unspecified atom stereocenters. The van der Waals surface area contributed by atoms with Gasteiger partial charge in [-0.2, -0.15) is 0 Å². The number of rotatable bonds is 54. The second-order valence-corrected chi connectivity index (χ2v) is 22.0. The summed E-state index contributed by atoms with van der Waals surface area (Å²) in [6.45, 7) is 13.7. The monoisotopic (exact) mass is 979 g/mol. The van der Waals surface area contributed by atoms with Crippen molar-refractivity contribution in [3.05, 3.63) is 48.6 Å². The SMILES string of the molecule is CCCCC/C=C\C/C=C\CCCCCCCC(=O)C(CCCCCCCCCCC(C)C)OC(=O)OC(CCCCCCCCCCC(C)C)C(=O)CCCCCCC/C=C\C/C=C\CCCCC. The summed E-state index contributed by atoms with van der Waals surface area (Å²) in [5.74, 6) is 1.58. The highest BCUT2D eigenvalue weighted by Gasteiger charge is 2.27. The van der Waals surface area contributed by atoms with Crippen LogP contribution in [0, 0.1) is 11.8 Å². The topological polar surface area (TPSA) is 69.7 Å². The number of carbonyl (C=O) groups excluding carboxylic acids is 3. The third-order valence-corrected chi connectivity index (χ3v) is 13.9. The highest BCUT2D eigenvalue weighted by Crippen LogP contribution is 2.21. The Hall–Kier alpha value is -2.43. The van der Waals surface area contributed by atoms with E-state index in [1.807, 2.05) is 0 Å². The van der Waals surface area contributed by atoms with Crippen molar-refractivity contribution in [1.82, 2.24) is 0 Å². The maximum Gasteiger partial charge on any atom is 0.509 e. The van der Waals surface area contributed by atoms with E-state index in [0.717, 1.165) is 115 Å². The quantitative estimate of drug-likeness (QED) is 0.0345. The largest absolute Gasteiger partial charge is 0.509 e. The van der Waals surface area contributed by atoms with E-state index < -0.39 is 18.4 Å². The summed E-state index contributed by atoms with van der Waals surface area (Å²) >= 11 is 0. The van der Waals surface area contributed by atoms with Gasteiger partial charge in [0.15, 0.2) is 23.8 Å². The minimum absolute atomic E-state index is 0.00463. The molecule has 0 N–H and O–H groups in total. The highest BCUT2D eigenvalue weighted by molar-refractivity contribution is 5.86. The van der Waals surface area contributed by atoms with Gasteiger partial charge in [0.1, 0.15) is 0 Å². The Bertz CT molecular complexity index is 1160. The van der Waals surface area contributed by atoms with Crippen molar-refractivity contribution in [2.75, 3.05) is 0 Å². The van der Waals surface area contributed by atoms with Gasteiger partial charge in [0.2, 0.25) is 0 Å². The first-order valence-corrected chi connectivity index (χ1v) is 30.7. The Morgan fingerprint density at radius 1 is 0.314 bits per heavy atom. The summed E-state index contributed by atoms with van der Waals surface area (Å²) in [6.07, 6.45) is 64.3. The summed E-state index contributed by atoms with van der Waals surface area (Å²) in [7, 11) is 0. The number of Topliss-reactive ketones (excluding diaryl/α,β-unsaturated/α-hetero) is 2. The highest BCUT2D eigenvalue weighted by atomic mass is 16.7. The molecule has 408 valence electrons. The predicted molar refractivity (Wildman–Crippen MR) is 306 cm³/mol. The van der Waals surface area contributed by atoms with Crippen molar-refractivity contribution >= 4 is 17.7 Å². The second-order valence-electron chi connectivity index (χ2n) is 22.0. The standard InChI is InChI=1S/C65H118O5/c1-7-9-11-13-15-17-19-21-23-25-27-29-37-43-49-55-61(66)63(57-51-45-39-33-31-35-41-47-53-59(3)4)69-65(68)70-64(58-52-46-40-34-32-36-42-48-54-60(5)6)62(67)56-50-44-38-30-28-26-24-22-20-18-16-14-12-10-8-2/h15-18,21-24,59-60,63-64H,7-14,19-20,25-58H2,1-6H3/b17-15-,18-16-,23-21-,24-22-. The van der Waals surface area contributed by atoms with Gasteiger partial charge in [-0.25, -0.2) is 4.79 Å². The van der Waals surface area contributed by atoms with Gasteiger partial charge in [-0.1, -0.05) is 257 Å². The molecule has 0 aromatic heterocycles. The molecule has 0 aromatic rings. The molecule has 0 fully saturated rings. The third-order valence-electron chi connectivity index (χ3n) is 13.9. The number of ether oxygens (including phenoxy) is 2. The van der Waals surface area contributed by atoms with E-state index in [-0.39, 0.29) is 11.6 Å². The average Bonchev–Trinajstić information content (AvgIpc) is 3.33. The molecule has 5 nitrogen and oxygen atoms in total. The first-order chi connectivity index (χ1) is 34.2. The minimum atomic E-state index is -0.834. The van der Waals surface area contributed by atoms with Gasteiger partial charge in [0.05, 0.1) is 0 Å². The summed E-state index contributed by atoms with van der Waals surface area (Å²) in [5.41, 5.74) is 0. The van der Waals surface area contributed by atoms with Crippen LogP contribution < -0.4 is 0 Å². The lowest BCUT2D eigenvalue weighted by Gasteiger charge is -2.20. The zero-order valence-electron chi connectivity index (χ0n) is 47.6. The molecule has 0 heterocycles. The number of hydrogen-bond acceptors (Lipinski definition) is 5. The van der Waals surface area contributed by atoms with Crippen molar-refractivity contribution in [1.29, 1.82) is 0 Å². The molecule has 0 rings (SSSR count). The fourth-order valence-electron chi connectivity index (χ4n) is 9.26. The van der Waals surface area contributed by atoms with Crippen molar-refractivity contribution in [2.24, 2.45) is 11.8 Å². The van der Waals surface area contributed by atoms with E-state index >= 15 is 0 Å². The van der Waals surface area contributed by atoms with Crippen LogP contribution in [0.3, 0.4) is 0 Å². The zero-order chi connectivity index (χ0) is 51.2. The van der Waals surface area contributed by atoms with Crippen LogP contribution in [0.5, 0.6) is 0 Å². The van der Waals surface area contributed by atoms with Crippen LogP contribution in [0.2, 0.25) is 0 Å². The number of hydrogen-bond donors (Lipinski definition) is 0. The Kier molecular flexibility index (Phi) is 52.5. The van der Waals surface area contributed by atoms with Crippen LogP contribution in [-0.4, -0.2) is 29.9 Å². The summed E-state index contributed by atoms with van der Waals surface area (Å²) in [5, 5.41) is 0. The Labute approximate surface area is 436 Å². The molecule has 0 saturated carbocycles. The lowest BCUT2D eigenvalue weighted by Crippen LogP contribution is -2.32. The van der Waals surface area contributed by atoms with Crippen LogP contribution in [0.15, 0.2) is 48.6 Å². The van der Waals surface area contributed by atoms with Gasteiger partial charge in [0.25, 0.3) is 0 Å². The van der Waals surface area contributed by atoms with Gasteiger partial charge in [0, 0.05) is 12.8 Å². The molecule has 2 atom stereocenters. The van der Waals surface area contributed by atoms with Gasteiger partial charge in [-0.15, -0.1) is 0 Å². The molecule has 0 spiro atoms. The van der Waals surface area contributed by atoms with Crippen molar-refractivity contribution in [3.63, 3.8) is 0 Å². The molecule has 70 heavy (non-hydrogen) atoms. The third kappa shape index (κ3) is 50.5. The molecule has 0 bridgehead atoms. The molecule has 0 aliphatic heterocycles. The number of ketones is 2. The number of carbonyl (C=O) groups is 3. The summed E-state index contributed by atoms with van der Waals surface area (Å²) in [6, 6.07) is 0. The number of unbranched alkanes of at least 4 members (excludes halogenated alkanes) is 30. The summed E-state index contributed by atoms with van der Waals surface area (Å²) in [4.78, 5) is 40.9. The van der Waals surface area contributed by atoms with E-state index in [1.54, 1.807) is 0 Å². The van der Waals surface area contributed by atoms with E-state index in [2.05, 4.69) is 90.2 Å². The lowest BCUT2D eigenvalue weighted by molar-refractivity contribution is -0.133. The fraction of sp³-hybridized carbons (Fsp3) is 0.831.